The first-order valence-corrected chi connectivity index (χ1v) is 12.2. The number of piperazine rings is 1. The number of esters is 2. The van der Waals surface area contributed by atoms with Crippen LogP contribution < -0.4 is 4.90 Å². The lowest BCUT2D eigenvalue weighted by Gasteiger charge is -2.39. The van der Waals surface area contributed by atoms with Crippen LogP contribution in [0, 0.1) is 0 Å². The molecule has 37 heavy (non-hydrogen) atoms. The monoisotopic (exact) mass is 505 g/mol. The fourth-order valence-corrected chi connectivity index (χ4v) is 4.34. The van der Waals surface area contributed by atoms with Crippen LogP contribution in [0.1, 0.15) is 38.2 Å². The van der Waals surface area contributed by atoms with Gasteiger partial charge in [-0.25, -0.2) is 14.5 Å². The molecule has 0 radical (unpaired) electrons. The van der Waals surface area contributed by atoms with Gasteiger partial charge in [0.25, 0.3) is 5.91 Å². The number of carbonyl (C=O) groups is 3. The molecule has 1 aliphatic rings. The molecule has 10 nitrogen and oxygen atoms in total. The van der Waals surface area contributed by atoms with Crippen molar-refractivity contribution in [1.29, 1.82) is 0 Å². The van der Waals surface area contributed by atoms with E-state index >= 15 is 0 Å². The largest absolute Gasteiger partial charge is 0.461 e. The molecule has 3 heterocycles. The Labute approximate surface area is 215 Å². The molecular formula is C27H31N5O5. The van der Waals surface area contributed by atoms with E-state index in [-0.39, 0.29) is 18.2 Å². The molecule has 10 heteroatoms. The number of hydrogen-bond acceptors (Lipinski definition) is 8. The summed E-state index contributed by atoms with van der Waals surface area (Å²) < 4.78 is 12.0. The smallest absolute Gasteiger partial charge is 0.358 e. The van der Waals surface area contributed by atoms with Crippen LogP contribution in [0.5, 0.6) is 0 Å². The minimum absolute atomic E-state index is 0.196. The third-order valence-electron chi connectivity index (χ3n) is 6.07. The van der Waals surface area contributed by atoms with Crippen LogP contribution in [0.25, 0.3) is 17.1 Å². The summed E-state index contributed by atoms with van der Waals surface area (Å²) in [5.74, 6) is -0.567. The molecule has 1 aromatic carbocycles. The molecule has 0 spiro atoms. The fraction of sp³-hybridized carbons (Fsp3) is 0.370. The lowest BCUT2D eigenvalue weighted by molar-refractivity contribution is -0.168. The SMILES string of the molecule is CCOC(=O)c1cc(-c2ccc(N3CCN(C(=O)C(C)(C)OC(C)=O)CC3)cc2)n(-c2ccccn2)n1. The zero-order chi connectivity index (χ0) is 26.6. The Kier molecular flexibility index (Phi) is 7.56. The van der Waals surface area contributed by atoms with Crippen molar-refractivity contribution < 1.29 is 23.9 Å². The summed E-state index contributed by atoms with van der Waals surface area (Å²) in [6.07, 6.45) is 1.67. The summed E-state index contributed by atoms with van der Waals surface area (Å²) in [6, 6.07) is 15.2. The topological polar surface area (TPSA) is 107 Å². The van der Waals surface area contributed by atoms with Crippen molar-refractivity contribution in [3.63, 3.8) is 0 Å². The fourth-order valence-electron chi connectivity index (χ4n) is 4.34. The quantitative estimate of drug-likeness (QED) is 0.451. The van der Waals surface area contributed by atoms with E-state index in [0.717, 1.165) is 16.9 Å². The molecule has 4 rings (SSSR count). The number of pyridine rings is 1. The number of hydrogen-bond donors (Lipinski definition) is 0. The van der Waals surface area contributed by atoms with Crippen molar-refractivity contribution in [3.05, 3.63) is 60.4 Å². The van der Waals surface area contributed by atoms with Crippen LogP contribution in [0.15, 0.2) is 54.7 Å². The molecule has 1 amide bonds. The van der Waals surface area contributed by atoms with Crippen LogP contribution in [-0.4, -0.2) is 75.9 Å². The van der Waals surface area contributed by atoms with E-state index in [1.54, 1.807) is 42.6 Å². The molecule has 2 aromatic heterocycles. The van der Waals surface area contributed by atoms with E-state index in [9.17, 15) is 14.4 Å². The summed E-state index contributed by atoms with van der Waals surface area (Å²) in [4.78, 5) is 44.8. The predicted octanol–water partition coefficient (Wildman–Crippen LogP) is 3.10. The average molecular weight is 506 g/mol. The van der Waals surface area contributed by atoms with Gasteiger partial charge in [-0.2, -0.15) is 5.10 Å². The Balaban J connectivity index is 1.50. The second-order valence-corrected chi connectivity index (χ2v) is 9.17. The van der Waals surface area contributed by atoms with Crippen molar-refractivity contribution in [2.45, 2.75) is 33.3 Å². The van der Waals surface area contributed by atoms with Gasteiger partial charge >= 0.3 is 11.9 Å². The number of benzene rings is 1. The number of carbonyl (C=O) groups excluding carboxylic acids is 3. The van der Waals surface area contributed by atoms with Crippen LogP contribution in [0.4, 0.5) is 5.69 Å². The minimum Gasteiger partial charge on any atom is -0.461 e. The van der Waals surface area contributed by atoms with Gasteiger partial charge in [0.05, 0.1) is 12.3 Å². The Morgan fingerprint density at radius 3 is 2.30 bits per heavy atom. The molecule has 194 valence electrons. The van der Waals surface area contributed by atoms with Crippen molar-refractivity contribution in [2.24, 2.45) is 0 Å². The molecule has 0 atom stereocenters. The van der Waals surface area contributed by atoms with Crippen LogP contribution >= 0.6 is 0 Å². The van der Waals surface area contributed by atoms with Crippen LogP contribution in [0.3, 0.4) is 0 Å². The van der Waals surface area contributed by atoms with Gasteiger partial charge in [0.2, 0.25) is 0 Å². The van der Waals surface area contributed by atoms with Gasteiger partial charge in [0, 0.05) is 50.6 Å². The van der Waals surface area contributed by atoms with Gasteiger partial charge < -0.3 is 19.3 Å². The van der Waals surface area contributed by atoms with Crippen molar-refractivity contribution in [2.75, 3.05) is 37.7 Å². The lowest BCUT2D eigenvalue weighted by atomic mass is 10.1. The maximum atomic E-state index is 12.8. The van der Waals surface area contributed by atoms with E-state index in [0.29, 0.717) is 32.0 Å². The van der Waals surface area contributed by atoms with Crippen molar-refractivity contribution >= 4 is 23.5 Å². The van der Waals surface area contributed by atoms with Gasteiger partial charge in [-0.1, -0.05) is 18.2 Å². The van der Waals surface area contributed by atoms with Gasteiger partial charge in [-0.15, -0.1) is 0 Å². The molecule has 3 aromatic rings. The second-order valence-electron chi connectivity index (χ2n) is 9.17. The molecule has 1 fully saturated rings. The third-order valence-corrected chi connectivity index (χ3v) is 6.07. The normalized spacial score (nSPS) is 13.8. The highest BCUT2D eigenvalue weighted by Gasteiger charge is 2.36. The van der Waals surface area contributed by atoms with Crippen molar-refractivity contribution in [1.82, 2.24) is 19.7 Å². The summed E-state index contributed by atoms with van der Waals surface area (Å²) in [6.45, 7) is 8.91. The van der Waals surface area contributed by atoms with Crippen LogP contribution in [0.2, 0.25) is 0 Å². The zero-order valence-corrected chi connectivity index (χ0v) is 21.5. The number of amides is 1. The molecule has 0 aliphatic carbocycles. The number of ether oxygens (including phenoxy) is 2. The number of anilines is 1. The molecule has 0 N–H and O–H groups in total. The Morgan fingerprint density at radius 2 is 1.70 bits per heavy atom. The van der Waals surface area contributed by atoms with Gasteiger partial charge in [-0.05, 0) is 51.1 Å². The van der Waals surface area contributed by atoms with E-state index < -0.39 is 17.5 Å². The first-order chi connectivity index (χ1) is 17.7. The maximum absolute atomic E-state index is 12.8. The lowest BCUT2D eigenvalue weighted by Crippen LogP contribution is -2.55. The van der Waals surface area contributed by atoms with Gasteiger partial charge in [-0.3, -0.25) is 9.59 Å². The summed E-state index contributed by atoms with van der Waals surface area (Å²) in [5.41, 5.74) is 1.63. The van der Waals surface area contributed by atoms with Gasteiger partial charge in [0.1, 0.15) is 0 Å². The van der Waals surface area contributed by atoms with Crippen molar-refractivity contribution in [3.8, 4) is 17.1 Å². The van der Waals surface area contributed by atoms with E-state index in [4.69, 9.17) is 9.47 Å². The zero-order valence-electron chi connectivity index (χ0n) is 21.5. The molecule has 1 aliphatic heterocycles. The molecule has 0 saturated carbocycles. The molecule has 1 saturated heterocycles. The molecule has 0 bridgehead atoms. The highest BCUT2D eigenvalue weighted by Crippen LogP contribution is 2.27. The second kappa shape index (κ2) is 10.8. The van der Waals surface area contributed by atoms with E-state index in [1.807, 2.05) is 42.5 Å². The summed E-state index contributed by atoms with van der Waals surface area (Å²) in [5, 5.41) is 4.45. The molecular weight excluding hydrogens is 474 g/mol. The highest BCUT2D eigenvalue weighted by molar-refractivity contribution is 5.89. The van der Waals surface area contributed by atoms with Gasteiger partial charge in [0.15, 0.2) is 17.1 Å². The highest BCUT2D eigenvalue weighted by atomic mass is 16.6. The maximum Gasteiger partial charge on any atom is 0.358 e. The minimum atomic E-state index is -1.19. The van der Waals surface area contributed by atoms with E-state index in [2.05, 4.69) is 15.0 Å². The summed E-state index contributed by atoms with van der Waals surface area (Å²) >= 11 is 0. The number of rotatable bonds is 7. The first kappa shape index (κ1) is 25.9. The van der Waals surface area contributed by atoms with E-state index in [1.165, 1.54) is 6.92 Å². The number of nitrogens with zero attached hydrogens (tertiary/aromatic N) is 5. The standard InChI is InChI=1S/C27H31N5O5/c1-5-36-25(34)22-18-23(32(29-22)24-8-6-7-13-28-24)20-9-11-21(12-10-20)30-14-16-31(17-15-30)26(35)27(3,4)37-19(2)33/h6-13,18H,5,14-17H2,1-4H3. The number of aromatic nitrogens is 3. The summed E-state index contributed by atoms with van der Waals surface area (Å²) in [7, 11) is 0. The Morgan fingerprint density at radius 1 is 1.00 bits per heavy atom. The molecule has 0 unspecified atom stereocenters. The first-order valence-electron chi connectivity index (χ1n) is 12.2. The Hall–Kier alpha value is -4.21. The average Bonchev–Trinajstić information content (AvgIpc) is 3.34. The Bertz CT molecular complexity index is 1260. The third kappa shape index (κ3) is 5.79. The predicted molar refractivity (Wildman–Crippen MR) is 137 cm³/mol. The van der Waals surface area contributed by atoms with Crippen LogP contribution in [-0.2, 0) is 19.1 Å².